The smallest absolute Gasteiger partial charge is 0.230 e. The van der Waals surface area contributed by atoms with Crippen LogP contribution in [0.4, 0.5) is 0 Å². The molecule has 0 saturated carbocycles. The highest BCUT2D eigenvalue weighted by Crippen LogP contribution is 2.28. The summed E-state index contributed by atoms with van der Waals surface area (Å²) in [6.45, 7) is 0.925. The number of aliphatic hydroxyl groups is 1. The molecule has 1 aliphatic rings. The van der Waals surface area contributed by atoms with Crippen LogP contribution in [0.25, 0.3) is 0 Å². The number of carbonyl (C=O) groups excluding carboxylic acids is 1. The summed E-state index contributed by atoms with van der Waals surface area (Å²) in [6.07, 6.45) is 0.178. The summed E-state index contributed by atoms with van der Waals surface area (Å²) in [6, 6.07) is 15.8. The number of nitrogens with one attached hydrogen (secondary N) is 1. The second-order valence-corrected chi connectivity index (χ2v) is 6.75. The third-order valence-corrected chi connectivity index (χ3v) is 4.94. The summed E-state index contributed by atoms with van der Waals surface area (Å²) in [7, 11) is 0. The second kappa shape index (κ2) is 8.22. The first-order chi connectivity index (χ1) is 11.7. The lowest BCUT2D eigenvalue weighted by atomic mass is 10.0. The van der Waals surface area contributed by atoms with E-state index in [1.165, 1.54) is 5.56 Å². The number of thioether (sulfide) groups is 1. The van der Waals surface area contributed by atoms with Crippen LogP contribution in [0.15, 0.2) is 48.5 Å². The van der Waals surface area contributed by atoms with Gasteiger partial charge in [0.15, 0.2) is 0 Å². The lowest BCUT2D eigenvalue weighted by molar-refractivity contribution is -0.119. The Labute approximate surface area is 146 Å². The third-order valence-electron chi connectivity index (χ3n) is 3.94. The van der Waals surface area contributed by atoms with Crippen LogP contribution in [-0.2, 0) is 17.0 Å². The Bertz CT molecular complexity index is 690. The maximum Gasteiger partial charge on any atom is 0.230 e. The average Bonchev–Trinajstić information content (AvgIpc) is 3.08. The molecule has 0 aliphatic carbocycles. The topological polar surface area (TPSA) is 58.6 Å². The van der Waals surface area contributed by atoms with Gasteiger partial charge in [-0.1, -0.05) is 36.4 Å². The highest BCUT2D eigenvalue weighted by atomic mass is 32.2. The molecule has 2 aromatic carbocycles. The average molecular weight is 343 g/mol. The quantitative estimate of drug-likeness (QED) is 0.812. The number of fused-ring (bicyclic) bond motifs is 1. The Morgan fingerprint density at radius 3 is 2.92 bits per heavy atom. The van der Waals surface area contributed by atoms with Crippen LogP contribution >= 0.6 is 11.8 Å². The number of benzene rings is 2. The van der Waals surface area contributed by atoms with Crippen LogP contribution in [0.3, 0.4) is 0 Å². The Balaban J connectivity index is 1.41. The van der Waals surface area contributed by atoms with E-state index in [1.807, 2.05) is 48.5 Å². The highest BCUT2D eigenvalue weighted by molar-refractivity contribution is 7.99. The standard InChI is InChI=1S/C19H21NO3S/c21-17(15-6-7-18-16(10-15)8-9-23-18)11-20-19(22)13-24-12-14-4-2-1-3-5-14/h1-7,10,17,21H,8-9,11-13H2,(H,20,22)/t17-/m1/s1. The van der Waals surface area contributed by atoms with Crippen molar-refractivity contribution < 1.29 is 14.6 Å². The fraction of sp³-hybridized carbons (Fsp3) is 0.316. The van der Waals surface area contributed by atoms with E-state index in [0.29, 0.717) is 12.4 Å². The number of carbonyl (C=O) groups is 1. The van der Waals surface area contributed by atoms with Crippen molar-refractivity contribution in [3.05, 3.63) is 65.2 Å². The molecule has 1 atom stereocenters. The van der Waals surface area contributed by atoms with E-state index in [0.717, 1.165) is 29.1 Å². The molecular formula is C19H21NO3S. The summed E-state index contributed by atoms with van der Waals surface area (Å²) < 4.78 is 5.46. The van der Waals surface area contributed by atoms with E-state index in [-0.39, 0.29) is 12.5 Å². The van der Waals surface area contributed by atoms with Gasteiger partial charge in [0.05, 0.1) is 18.5 Å². The van der Waals surface area contributed by atoms with Gasteiger partial charge in [-0.05, 0) is 28.8 Å². The highest BCUT2D eigenvalue weighted by Gasteiger charge is 2.16. The molecule has 2 N–H and O–H groups in total. The minimum Gasteiger partial charge on any atom is -0.493 e. The Hall–Kier alpha value is -1.98. The zero-order valence-corrected chi connectivity index (χ0v) is 14.2. The summed E-state index contributed by atoms with van der Waals surface area (Å²) in [4.78, 5) is 11.9. The van der Waals surface area contributed by atoms with Gasteiger partial charge in [-0.3, -0.25) is 4.79 Å². The predicted octanol–water partition coefficient (Wildman–Crippen LogP) is 2.70. The molecule has 0 saturated heterocycles. The number of aliphatic hydroxyl groups excluding tert-OH is 1. The SMILES string of the molecule is O=C(CSCc1ccccc1)NC[C@@H](O)c1ccc2c(c1)CCO2. The van der Waals surface area contributed by atoms with Crippen molar-refractivity contribution in [3.63, 3.8) is 0 Å². The minimum atomic E-state index is -0.695. The number of rotatable bonds is 7. The van der Waals surface area contributed by atoms with Gasteiger partial charge in [0.2, 0.25) is 5.91 Å². The van der Waals surface area contributed by atoms with Crippen LogP contribution in [0, 0.1) is 0 Å². The van der Waals surface area contributed by atoms with E-state index >= 15 is 0 Å². The monoisotopic (exact) mass is 343 g/mol. The molecule has 2 aromatic rings. The molecule has 0 radical (unpaired) electrons. The Kier molecular flexibility index (Phi) is 5.77. The van der Waals surface area contributed by atoms with E-state index in [4.69, 9.17) is 4.74 Å². The van der Waals surface area contributed by atoms with Crippen molar-refractivity contribution in [1.29, 1.82) is 0 Å². The normalized spacial score (nSPS) is 13.9. The van der Waals surface area contributed by atoms with Crippen LogP contribution in [0.1, 0.15) is 22.8 Å². The lowest BCUT2D eigenvalue weighted by Gasteiger charge is -2.13. The van der Waals surface area contributed by atoms with E-state index in [2.05, 4.69) is 5.32 Å². The molecule has 5 heteroatoms. The first-order valence-corrected chi connectivity index (χ1v) is 9.20. The van der Waals surface area contributed by atoms with Crippen LogP contribution < -0.4 is 10.1 Å². The zero-order valence-electron chi connectivity index (χ0n) is 13.4. The van der Waals surface area contributed by atoms with Gasteiger partial charge in [0.25, 0.3) is 0 Å². The van der Waals surface area contributed by atoms with Gasteiger partial charge in [-0.25, -0.2) is 0 Å². The molecule has 126 valence electrons. The van der Waals surface area contributed by atoms with Crippen molar-refractivity contribution >= 4 is 17.7 Å². The fourth-order valence-corrected chi connectivity index (χ4v) is 3.45. The van der Waals surface area contributed by atoms with Gasteiger partial charge in [0, 0.05) is 18.7 Å². The van der Waals surface area contributed by atoms with Crippen LogP contribution in [-0.4, -0.2) is 29.9 Å². The molecule has 1 aliphatic heterocycles. The van der Waals surface area contributed by atoms with Crippen molar-refractivity contribution in [3.8, 4) is 5.75 Å². The maximum atomic E-state index is 11.9. The molecule has 0 fully saturated rings. The van der Waals surface area contributed by atoms with Gasteiger partial charge in [-0.15, -0.1) is 11.8 Å². The van der Waals surface area contributed by atoms with Crippen molar-refractivity contribution in [2.45, 2.75) is 18.3 Å². The molecule has 0 unspecified atom stereocenters. The van der Waals surface area contributed by atoms with E-state index in [1.54, 1.807) is 11.8 Å². The molecule has 4 nitrogen and oxygen atoms in total. The van der Waals surface area contributed by atoms with Gasteiger partial charge in [0.1, 0.15) is 5.75 Å². The first kappa shape index (κ1) is 16.9. The van der Waals surface area contributed by atoms with Gasteiger partial charge in [-0.2, -0.15) is 0 Å². The molecule has 0 spiro atoms. The Morgan fingerprint density at radius 1 is 1.25 bits per heavy atom. The van der Waals surface area contributed by atoms with Crippen LogP contribution in [0.2, 0.25) is 0 Å². The zero-order chi connectivity index (χ0) is 16.8. The largest absolute Gasteiger partial charge is 0.493 e. The summed E-state index contributed by atoms with van der Waals surface area (Å²) in [5.41, 5.74) is 3.14. The number of ether oxygens (including phenoxy) is 1. The molecule has 1 amide bonds. The molecule has 0 bridgehead atoms. The first-order valence-electron chi connectivity index (χ1n) is 8.04. The molecule has 3 rings (SSSR count). The number of hydrogen-bond acceptors (Lipinski definition) is 4. The molecule has 24 heavy (non-hydrogen) atoms. The van der Waals surface area contributed by atoms with Gasteiger partial charge < -0.3 is 15.2 Å². The summed E-state index contributed by atoms with van der Waals surface area (Å²) >= 11 is 1.57. The van der Waals surface area contributed by atoms with E-state index in [9.17, 15) is 9.90 Å². The lowest BCUT2D eigenvalue weighted by Crippen LogP contribution is -2.29. The molecule has 1 heterocycles. The predicted molar refractivity (Wildman–Crippen MR) is 96.2 cm³/mol. The maximum absolute atomic E-state index is 11.9. The molecular weight excluding hydrogens is 322 g/mol. The second-order valence-electron chi connectivity index (χ2n) is 5.76. The van der Waals surface area contributed by atoms with Crippen LogP contribution in [0.5, 0.6) is 5.75 Å². The van der Waals surface area contributed by atoms with Crippen molar-refractivity contribution in [2.24, 2.45) is 0 Å². The third kappa shape index (κ3) is 4.52. The van der Waals surface area contributed by atoms with Gasteiger partial charge >= 0.3 is 0 Å². The number of hydrogen-bond donors (Lipinski definition) is 2. The molecule has 0 aromatic heterocycles. The Morgan fingerprint density at radius 2 is 2.08 bits per heavy atom. The summed E-state index contributed by atoms with van der Waals surface area (Å²) in [5.74, 6) is 2.04. The van der Waals surface area contributed by atoms with Crippen molar-refractivity contribution in [1.82, 2.24) is 5.32 Å². The van der Waals surface area contributed by atoms with E-state index < -0.39 is 6.10 Å². The summed E-state index contributed by atoms with van der Waals surface area (Å²) in [5, 5.41) is 13.0. The van der Waals surface area contributed by atoms with Crippen molar-refractivity contribution in [2.75, 3.05) is 18.9 Å². The minimum absolute atomic E-state index is 0.0560. The number of amides is 1. The fourth-order valence-electron chi connectivity index (χ4n) is 2.63.